The highest BCUT2D eigenvalue weighted by molar-refractivity contribution is 7.32. The van der Waals surface area contributed by atoms with Gasteiger partial charge in [0, 0.05) is 5.41 Å². The largest absolute Gasteiger partial charge is 0.427 e. The van der Waals surface area contributed by atoms with E-state index in [2.05, 4.69) is 30.4 Å². The first-order valence-corrected chi connectivity index (χ1v) is 8.08. The number of allylic oxidation sites excluding steroid dienone is 6. The van der Waals surface area contributed by atoms with Gasteiger partial charge in [0.15, 0.2) is 0 Å². The number of rotatable bonds is 5. The Kier molecular flexibility index (Phi) is 5.38. The summed E-state index contributed by atoms with van der Waals surface area (Å²) >= 11 is 0. The lowest BCUT2D eigenvalue weighted by Gasteiger charge is -2.25. The van der Waals surface area contributed by atoms with Crippen molar-refractivity contribution in [3.05, 3.63) is 78.1 Å². The van der Waals surface area contributed by atoms with Crippen molar-refractivity contribution in [1.29, 1.82) is 0 Å². The molecule has 2 unspecified atom stereocenters. The standard InChI is InChI=1S/C17H19O3P/c1-2-11-17(12-8-15-6-4-3-5-7-15)13-9-16(10-14-17)20-21(18)19/h2-13,21H,14H2,1H3,(H,18,19). The Morgan fingerprint density at radius 2 is 2.05 bits per heavy atom. The minimum absolute atomic E-state index is 0.220. The van der Waals surface area contributed by atoms with Crippen LogP contribution in [-0.2, 0) is 9.09 Å². The van der Waals surface area contributed by atoms with E-state index in [1.807, 2.05) is 43.4 Å². The van der Waals surface area contributed by atoms with Crippen LogP contribution in [0.4, 0.5) is 0 Å². The molecule has 1 aliphatic carbocycles. The normalized spacial score (nSPS) is 23.4. The molecule has 21 heavy (non-hydrogen) atoms. The zero-order valence-corrected chi connectivity index (χ0v) is 12.9. The van der Waals surface area contributed by atoms with Gasteiger partial charge in [-0.25, -0.2) is 4.57 Å². The van der Waals surface area contributed by atoms with E-state index in [-0.39, 0.29) is 5.41 Å². The average Bonchev–Trinajstić information content (AvgIpc) is 2.49. The Morgan fingerprint density at radius 3 is 2.62 bits per heavy atom. The zero-order valence-electron chi connectivity index (χ0n) is 11.9. The molecule has 0 aromatic heterocycles. The molecule has 0 heterocycles. The Morgan fingerprint density at radius 1 is 1.29 bits per heavy atom. The summed E-state index contributed by atoms with van der Waals surface area (Å²) in [7, 11) is -2.94. The highest BCUT2D eigenvalue weighted by Crippen LogP contribution is 2.36. The van der Waals surface area contributed by atoms with E-state index in [0.717, 1.165) is 5.56 Å². The lowest BCUT2D eigenvalue weighted by atomic mass is 9.80. The van der Waals surface area contributed by atoms with Gasteiger partial charge in [0.05, 0.1) is 0 Å². The molecule has 2 atom stereocenters. The van der Waals surface area contributed by atoms with Crippen molar-refractivity contribution in [1.82, 2.24) is 0 Å². The number of hydrogen-bond donors (Lipinski definition) is 1. The van der Waals surface area contributed by atoms with Crippen LogP contribution in [0.2, 0.25) is 0 Å². The van der Waals surface area contributed by atoms with Crippen LogP contribution in [0.25, 0.3) is 6.08 Å². The topological polar surface area (TPSA) is 46.5 Å². The monoisotopic (exact) mass is 302 g/mol. The fourth-order valence-electron chi connectivity index (χ4n) is 2.26. The molecule has 1 aliphatic rings. The van der Waals surface area contributed by atoms with E-state index < -0.39 is 8.25 Å². The molecule has 0 amide bonds. The molecule has 1 aromatic carbocycles. The van der Waals surface area contributed by atoms with Gasteiger partial charge in [0.25, 0.3) is 0 Å². The van der Waals surface area contributed by atoms with Crippen molar-refractivity contribution in [3.8, 4) is 0 Å². The maximum Gasteiger partial charge on any atom is 0.365 e. The summed E-state index contributed by atoms with van der Waals surface area (Å²) in [5.74, 6) is 0.453. The van der Waals surface area contributed by atoms with Crippen molar-refractivity contribution in [2.45, 2.75) is 13.3 Å². The number of benzene rings is 1. The quantitative estimate of drug-likeness (QED) is 0.643. The van der Waals surface area contributed by atoms with Crippen LogP contribution in [-0.4, -0.2) is 4.89 Å². The molecule has 0 saturated heterocycles. The van der Waals surface area contributed by atoms with Gasteiger partial charge in [-0.1, -0.05) is 60.7 Å². The van der Waals surface area contributed by atoms with Crippen LogP contribution in [0, 0.1) is 5.41 Å². The highest BCUT2D eigenvalue weighted by Gasteiger charge is 2.22. The second-order valence-electron chi connectivity index (χ2n) is 4.87. The van der Waals surface area contributed by atoms with Gasteiger partial charge in [-0.15, -0.1) is 0 Å². The lowest BCUT2D eigenvalue weighted by Crippen LogP contribution is -2.13. The smallest absolute Gasteiger partial charge is 0.365 e. The molecule has 0 spiro atoms. The third kappa shape index (κ3) is 4.59. The first kappa shape index (κ1) is 15.6. The van der Waals surface area contributed by atoms with E-state index >= 15 is 0 Å². The van der Waals surface area contributed by atoms with Crippen molar-refractivity contribution in [3.63, 3.8) is 0 Å². The summed E-state index contributed by atoms with van der Waals surface area (Å²) < 4.78 is 15.6. The van der Waals surface area contributed by atoms with Gasteiger partial charge < -0.3 is 9.42 Å². The minimum Gasteiger partial charge on any atom is -0.427 e. The Labute approximate surface area is 125 Å². The zero-order chi connectivity index (χ0) is 15.1. The van der Waals surface area contributed by atoms with Crippen molar-refractivity contribution in [2.75, 3.05) is 0 Å². The van der Waals surface area contributed by atoms with Crippen LogP contribution in [0.5, 0.6) is 0 Å². The molecule has 0 fully saturated rings. The van der Waals surface area contributed by atoms with Crippen LogP contribution in [0.1, 0.15) is 18.9 Å². The number of hydrogen-bond acceptors (Lipinski definition) is 2. The Bertz CT molecular complexity index is 614. The second kappa shape index (κ2) is 7.26. The SMILES string of the molecule is CC=CC1(C=Cc2ccccc2)C=CC(O[PH](=O)O)=CC1. The van der Waals surface area contributed by atoms with Gasteiger partial charge in [0.2, 0.25) is 0 Å². The average molecular weight is 302 g/mol. The maximum atomic E-state index is 10.7. The summed E-state index contributed by atoms with van der Waals surface area (Å²) in [4.78, 5) is 8.81. The van der Waals surface area contributed by atoms with Gasteiger partial charge in [-0.3, -0.25) is 0 Å². The van der Waals surface area contributed by atoms with E-state index in [1.54, 1.807) is 6.08 Å². The first-order chi connectivity index (χ1) is 10.1. The highest BCUT2D eigenvalue weighted by atomic mass is 31.1. The summed E-state index contributed by atoms with van der Waals surface area (Å²) in [5, 5.41) is 0. The van der Waals surface area contributed by atoms with E-state index in [4.69, 9.17) is 9.42 Å². The third-order valence-corrected chi connectivity index (χ3v) is 3.69. The fourth-order valence-corrected chi connectivity index (χ4v) is 2.61. The summed E-state index contributed by atoms with van der Waals surface area (Å²) in [5.41, 5.74) is 0.920. The lowest BCUT2D eigenvalue weighted by molar-refractivity contribution is 0.356. The summed E-state index contributed by atoms with van der Waals surface area (Å²) in [6, 6.07) is 10.1. The Balaban J connectivity index is 2.17. The predicted molar refractivity (Wildman–Crippen MR) is 86.9 cm³/mol. The van der Waals surface area contributed by atoms with Crippen molar-refractivity contribution < 1.29 is 14.0 Å². The summed E-state index contributed by atoms with van der Waals surface area (Å²) in [6.45, 7) is 1.98. The van der Waals surface area contributed by atoms with Gasteiger partial charge >= 0.3 is 8.25 Å². The molecule has 4 heteroatoms. The van der Waals surface area contributed by atoms with Crippen molar-refractivity contribution in [2.24, 2.45) is 5.41 Å². The second-order valence-corrected chi connectivity index (χ2v) is 5.60. The van der Waals surface area contributed by atoms with Crippen LogP contribution < -0.4 is 0 Å². The van der Waals surface area contributed by atoms with E-state index in [0.29, 0.717) is 12.2 Å². The fraction of sp³-hybridized carbons (Fsp3) is 0.176. The van der Waals surface area contributed by atoms with Crippen LogP contribution in [0.3, 0.4) is 0 Å². The molecule has 0 radical (unpaired) electrons. The molecule has 0 saturated carbocycles. The molecule has 1 N–H and O–H groups in total. The maximum absolute atomic E-state index is 10.7. The molecule has 0 aliphatic heterocycles. The van der Waals surface area contributed by atoms with Gasteiger partial charge in [0.1, 0.15) is 5.76 Å². The Hall–Kier alpha value is -1.83. The molecule has 3 nitrogen and oxygen atoms in total. The van der Waals surface area contributed by atoms with E-state index in [9.17, 15) is 4.57 Å². The molecule has 0 bridgehead atoms. The molecule has 1 aromatic rings. The first-order valence-electron chi connectivity index (χ1n) is 6.82. The molecular weight excluding hydrogens is 283 g/mol. The molecule has 2 rings (SSSR count). The van der Waals surface area contributed by atoms with Gasteiger partial charge in [-0.2, -0.15) is 0 Å². The van der Waals surface area contributed by atoms with Gasteiger partial charge in [-0.05, 0) is 31.1 Å². The third-order valence-electron chi connectivity index (χ3n) is 3.28. The molecular formula is C17H19O3P. The van der Waals surface area contributed by atoms with Crippen molar-refractivity contribution >= 4 is 14.3 Å². The van der Waals surface area contributed by atoms with E-state index in [1.165, 1.54) is 0 Å². The predicted octanol–water partition coefficient (Wildman–Crippen LogP) is 4.50. The molecule has 110 valence electrons. The van der Waals surface area contributed by atoms with Crippen LogP contribution in [0.15, 0.2) is 72.5 Å². The summed E-state index contributed by atoms with van der Waals surface area (Å²) in [6.07, 6.45) is 14.6. The minimum atomic E-state index is -2.94. The van der Waals surface area contributed by atoms with Crippen LogP contribution >= 0.6 is 8.25 Å².